The molecule has 1 aromatic rings. The molecule has 2 N–H and O–H groups in total. The normalized spacial score (nSPS) is 22.6. The Hall–Kier alpha value is -1.78. The van der Waals surface area contributed by atoms with Crippen LogP contribution in [0.3, 0.4) is 0 Å². The first-order valence-corrected chi connectivity index (χ1v) is 7.22. The van der Waals surface area contributed by atoms with Crippen LogP contribution in [0.25, 0.3) is 0 Å². The Balaban J connectivity index is 2.33. The second-order valence-corrected chi connectivity index (χ2v) is 5.53. The van der Waals surface area contributed by atoms with Crippen LogP contribution < -0.4 is 10.6 Å². The molecular formula is C15H23N3O2. The van der Waals surface area contributed by atoms with Crippen molar-refractivity contribution in [2.45, 2.75) is 39.7 Å². The van der Waals surface area contributed by atoms with Crippen LogP contribution >= 0.6 is 0 Å². The lowest BCUT2D eigenvalue weighted by molar-refractivity contribution is 0.0526. The average molecular weight is 277 g/mol. The number of piperidine rings is 1. The van der Waals surface area contributed by atoms with Crippen LogP contribution in [0, 0.1) is 5.92 Å². The number of pyridine rings is 1. The summed E-state index contributed by atoms with van der Waals surface area (Å²) in [5.74, 6) is 1.05. The van der Waals surface area contributed by atoms with Crippen molar-refractivity contribution in [3.63, 3.8) is 0 Å². The Morgan fingerprint density at radius 2 is 2.30 bits per heavy atom. The molecule has 2 heterocycles. The van der Waals surface area contributed by atoms with E-state index in [0.29, 0.717) is 35.6 Å². The summed E-state index contributed by atoms with van der Waals surface area (Å²) < 4.78 is 5.11. The van der Waals surface area contributed by atoms with E-state index < -0.39 is 0 Å². The monoisotopic (exact) mass is 277 g/mol. The van der Waals surface area contributed by atoms with Crippen molar-refractivity contribution in [3.05, 3.63) is 17.8 Å². The molecule has 2 rings (SSSR count). The molecule has 0 saturated carbocycles. The van der Waals surface area contributed by atoms with Crippen LogP contribution in [0.2, 0.25) is 0 Å². The van der Waals surface area contributed by atoms with Gasteiger partial charge in [-0.2, -0.15) is 0 Å². The van der Waals surface area contributed by atoms with Gasteiger partial charge in [0.25, 0.3) is 0 Å². The van der Waals surface area contributed by atoms with Crippen molar-refractivity contribution in [3.8, 4) is 0 Å². The number of nitrogens with zero attached hydrogens (tertiary/aromatic N) is 2. The second kappa shape index (κ2) is 6.11. The van der Waals surface area contributed by atoms with Crippen LogP contribution in [-0.4, -0.2) is 30.1 Å². The van der Waals surface area contributed by atoms with Gasteiger partial charge in [-0.15, -0.1) is 0 Å². The summed E-state index contributed by atoms with van der Waals surface area (Å²) in [6.07, 6.45) is 3.82. The zero-order valence-corrected chi connectivity index (χ0v) is 12.4. The number of carbonyl (C=O) groups excluding carboxylic acids is 1. The van der Waals surface area contributed by atoms with Crippen LogP contribution in [0.15, 0.2) is 12.3 Å². The maximum atomic E-state index is 12.1. The molecule has 0 spiro atoms. The average Bonchev–Trinajstić information content (AvgIpc) is 2.39. The third kappa shape index (κ3) is 3.03. The lowest BCUT2D eigenvalue weighted by Crippen LogP contribution is -2.41. The predicted octanol–water partition coefficient (Wildman–Crippen LogP) is 2.47. The standard InChI is InChI=1S/C15H23N3O2/c1-4-20-15(19)13-8-12(16)9-17-14(13)18-6-5-10(2)7-11(18)3/h8-11H,4-7,16H2,1-3H3. The Labute approximate surface area is 120 Å². The fraction of sp³-hybridized carbons (Fsp3) is 0.600. The van der Waals surface area contributed by atoms with Gasteiger partial charge in [0.1, 0.15) is 11.4 Å². The first-order chi connectivity index (χ1) is 9.52. The van der Waals surface area contributed by atoms with Crippen molar-refractivity contribution in [1.82, 2.24) is 4.98 Å². The topological polar surface area (TPSA) is 68.5 Å². The van der Waals surface area contributed by atoms with E-state index in [0.717, 1.165) is 19.4 Å². The number of anilines is 2. The molecule has 0 bridgehead atoms. The molecule has 2 unspecified atom stereocenters. The van der Waals surface area contributed by atoms with Crippen LogP contribution in [-0.2, 0) is 4.74 Å². The predicted molar refractivity (Wildman–Crippen MR) is 79.8 cm³/mol. The highest BCUT2D eigenvalue weighted by molar-refractivity contribution is 5.95. The number of hydrogen-bond donors (Lipinski definition) is 1. The van der Waals surface area contributed by atoms with Crippen molar-refractivity contribution < 1.29 is 9.53 Å². The highest BCUT2D eigenvalue weighted by Crippen LogP contribution is 2.29. The summed E-state index contributed by atoms with van der Waals surface area (Å²) >= 11 is 0. The number of rotatable bonds is 3. The summed E-state index contributed by atoms with van der Waals surface area (Å²) in [6, 6.07) is 2.02. The first-order valence-electron chi connectivity index (χ1n) is 7.22. The van der Waals surface area contributed by atoms with Crippen LogP contribution in [0.5, 0.6) is 0 Å². The molecule has 0 aromatic carbocycles. The Kier molecular flexibility index (Phi) is 4.47. The molecule has 1 aliphatic rings. The van der Waals surface area contributed by atoms with Gasteiger partial charge in [-0.25, -0.2) is 9.78 Å². The highest BCUT2D eigenvalue weighted by Gasteiger charge is 2.27. The van der Waals surface area contributed by atoms with Crippen molar-refractivity contribution in [2.75, 3.05) is 23.8 Å². The molecule has 0 aliphatic carbocycles. The van der Waals surface area contributed by atoms with E-state index in [1.54, 1.807) is 19.2 Å². The van der Waals surface area contributed by atoms with Crippen molar-refractivity contribution >= 4 is 17.5 Å². The molecule has 1 aliphatic heterocycles. The number of ether oxygens (including phenoxy) is 1. The zero-order chi connectivity index (χ0) is 14.7. The van der Waals surface area contributed by atoms with E-state index in [1.165, 1.54) is 0 Å². The third-order valence-electron chi connectivity index (χ3n) is 3.79. The van der Waals surface area contributed by atoms with E-state index in [-0.39, 0.29) is 5.97 Å². The zero-order valence-electron chi connectivity index (χ0n) is 12.4. The minimum Gasteiger partial charge on any atom is -0.462 e. The Morgan fingerprint density at radius 1 is 1.55 bits per heavy atom. The van der Waals surface area contributed by atoms with Gasteiger partial charge in [0.2, 0.25) is 0 Å². The second-order valence-electron chi connectivity index (χ2n) is 5.53. The minimum atomic E-state index is -0.354. The van der Waals surface area contributed by atoms with Gasteiger partial charge in [0.05, 0.1) is 18.5 Å². The molecule has 0 amide bonds. The molecule has 0 radical (unpaired) electrons. The Bertz CT molecular complexity index is 490. The summed E-state index contributed by atoms with van der Waals surface area (Å²) in [5.41, 5.74) is 6.71. The lowest BCUT2D eigenvalue weighted by Gasteiger charge is -2.38. The number of nitrogen functional groups attached to an aromatic ring is 1. The van der Waals surface area contributed by atoms with Gasteiger partial charge < -0.3 is 15.4 Å². The van der Waals surface area contributed by atoms with E-state index in [4.69, 9.17) is 10.5 Å². The molecule has 1 aromatic heterocycles. The summed E-state index contributed by atoms with van der Waals surface area (Å²) in [7, 11) is 0. The summed E-state index contributed by atoms with van der Waals surface area (Å²) in [6.45, 7) is 7.48. The fourth-order valence-electron chi connectivity index (χ4n) is 2.78. The van der Waals surface area contributed by atoms with Gasteiger partial charge in [-0.05, 0) is 38.7 Å². The van der Waals surface area contributed by atoms with Gasteiger partial charge >= 0.3 is 5.97 Å². The summed E-state index contributed by atoms with van der Waals surface area (Å²) in [5, 5.41) is 0. The number of aromatic nitrogens is 1. The largest absolute Gasteiger partial charge is 0.462 e. The molecule has 1 saturated heterocycles. The smallest absolute Gasteiger partial charge is 0.341 e. The first kappa shape index (κ1) is 14.6. The number of hydrogen-bond acceptors (Lipinski definition) is 5. The van der Waals surface area contributed by atoms with Crippen molar-refractivity contribution in [2.24, 2.45) is 5.92 Å². The maximum Gasteiger partial charge on any atom is 0.341 e. The molecule has 1 fully saturated rings. The van der Waals surface area contributed by atoms with Gasteiger partial charge in [-0.1, -0.05) is 6.92 Å². The molecule has 5 heteroatoms. The van der Waals surface area contributed by atoms with Crippen LogP contribution in [0.4, 0.5) is 11.5 Å². The lowest BCUT2D eigenvalue weighted by atomic mass is 9.93. The van der Waals surface area contributed by atoms with E-state index in [1.807, 2.05) is 0 Å². The van der Waals surface area contributed by atoms with Gasteiger partial charge in [0, 0.05) is 12.6 Å². The van der Waals surface area contributed by atoms with Gasteiger partial charge in [0.15, 0.2) is 0 Å². The van der Waals surface area contributed by atoms with E-state index in [2.05, 4.69) is 23.7 Å². The molecule has 2 atom stereocenters. The number of esters is 1. The fourth-order valence-corrected chi connectivity index (χ4v) is 2.78. The molecule has 110 valence electrons. The highest BCUT2D eigenvalue weighted by atomic mass is 16.5. The Morgan fingerprint density at radius 3 is 2.95 bits per heavy atom. The maximum absolute atomic E-state index is 12.1. The van der Waals surface area contributed by atoms with E-state index >= 15 is 0 Å². The summed E-state index contributed by atoms with van der Waals surface area (Å²) in [4.78, 5) is 18.7. The molecule has 20 heavy (non-hydrogen) atoms. The minimum absolute atomic E-state index is 0.347. The molecule has 5 nitrogen and oxygen atoms in total. The number of nitrogens with two attached hydrogens (primary N) is 1. The van der Waals surface area contributed by atoms with Crippen LogP contribution in [0.1, 0.15) is 44.0 Å². The van der Waals surface area contributed by atoms with Crippen molar-refractivity contribution in [1.29, 1.82) is 0 Å². The quantitative estimate of drug-likeness (QED) is 0.860. The van der Waals surface area contributed by atoms with E-state index in [9.17, 15) is 4.79 Å². The van der Waals surface area contributed by atoms with Gasteiger partial charge in [-0.3, -0.25) is 0 Å². The third-order valence-corrected chi connectivity index (χ3v) is 3.79. The molecular weight excluding hydrogens is 254 g/mol. The number of carbonyl (C=O) groups is 1. The SMILES string of the molecule is CCOC(=O)c1cc(N)cnc1N1CCC(C)CC1C.